The minimum Gasteiger partial charge on any atom is -0.494 e. The number of nitrogens with zero attached hydrogens (tertiary/aromatic N) is 3. The molecular formula is C20H15N3O5S2. The molecule has 0 saturated carbocycles. The number of para-hydroxylation sites is 1. The highest BCUT2D eigenvalue weighted by Gasteiger charge is 2.33. The molecule has 0 unspecified atom stereocenters. The number of carbonyl (C=O) groups is 1. The zero-order valence-corrected chi connectivity index (χ0v) is 17.4. The number of esters is 1. The maximum atomic E-state index is 12.5. The van der Waals surface area contributed by atoms with Crippen molar-refractivity contribution < 1.29 is 19.2 Å². The van der Waals surface area contributed by atoms with Crippen molar-refractivity contribution in [3.05, 3.63) is 57.5 Å². The Balaban J connectivity index is 1.25. The predicted molar refractivity (Wildman–Crippen MR) is 116 cm³/mol. The largest absolute Gasteiger partial charge is 0.494 e. The van der Waals surface area contributed by atoms with Crippen LogP contribution in [-0.4, -0.2) is 42.2 Å². The number of aromatic nitrogens is 1. The van der Waals surface area contributed by atoms with Crippen molar-refractivity contribution in [3.63, 3.8) is 0 Å². The molecule has 0 N–H and O–H groups in total. The van der Waals surface area contributed by atoms with Gasteiger partial charge < -0.3 is 14.4 Å². The van der Waals surface area contributed by atoms with Crippen molar-refractivity contribution in [1.29, 1.82) is 0 Å². The Hall–Kier alpha value is -3.24. The highest BCUT2D eigenvalue weighted by molar-refractivity contribution is 7.22. The first-order valence-electron chi connectivity index (χ1n) is 9.09. The van der Waals surface area contributed by atoms with Crippen LogP contribution in [0.1, 0.15) is 9.67 Å². The predicted octanol–water partition coefficient (Wildman–Crippen LogP) is 4.47. The summed E-state index contributed by atoms with van der Waals surface area (Å²) < 4.78 is 12.8. The molecule has 5 rings (SSSR count). The number of fused-ring (bicyclic) bond motifs is 2. The summed E-state index contributed by atoms with van der Waals surface area (Å²) in [4.78, 5) is 30.1. The van der Waals surface area contributed by atoms with E-state index in [1.54, 1.807) is 30.6 Å². The van der Waals surface area contributed by atoms with E-state index in [1.807, 2.05) is 18.2 Å². The first-order valence-corrected chi connectivity index (χ1v) is 10.7. The number of anilines is 1. The molecule has 2 aromatic heterocycles. The third-order valence-electron chi connectivity index (χ3n) is 4.89. The van der Waals surface area contributed by atoms with Crippen molar-refractivity contribution in [2.24, 2.45) is 0 Å². The molecular weight excluding hydrogens is 426 g/mol. The van der Waals surface area contributed by atoms with E-state index in [4.69, 9.17) is 9.47 Å². The van der Waals surface area contributed by atoms with E-state index < -0.39 is 10.9 Å². The van der Waals surface area contributed by atoms with Crippen LogP contribution in [0, 0.1) is 10.1 Å². The average molecular weight is 441 g/mol. The van der Waals surface area contributed by atoms with Crippen molar-refractivity contribution in [1.82, 2.24) is 4.98 Å². The van der Waals surface area contributed by atoms with Crippen molar-refractivity contribution in [2.45, 2.75) is 6.10 Å². The Labute approximate surface area is 178 Å². The molecule has 0 atom stereocenters. The van der Waals surface area contributed by atoms with E-state index in [-0.39, 0.29) is 11.8 Å². The number of nitro groups is 1. The number of thiophene rings is 1. The van der Waals surface area contributed by atoms with Gasteiger partial charge in [0.05, 0.1) is 29.8 Å². The van der Waals surface area contributed by atoms with E-state index in [2.05, 4.69) is 9.88 Å². The third-order valence-corrected chi connectivity index (χ3v) is 7.07. The first-order chi connectivity index (χ1) is 14.5. The molecule has 1 aliphatic rings. The molecule has 1 saturated heterocycles. The fourth-order valence-corrected chi connectivity index (χ4v) is 5.26. The Morgan fingerprint density at radius 2 is 2.03 bits per heavy atom. The molecule has 30 heavy (non-hydrogen) atoms. The van der Waals surface area contributed by atoms with E-state index in [0.29, 0.717) is 23.4 Å². The number of thiazole rings is 1. The van der Waals surface area contributed by atoms with Crippen molar-refractivity contribution in [2.75, 3.05) is 25.1 Å². The fraction of sp³-hybridized carbons (Fsp3) is 0.200. The van der Waals surface area contributed by atoms with Gasteiger partial charge in [-0.3, -0.25) is 10.1 Å². The van der Waals surface area contributed by atoms with E-state index in [9.17, 15) is 14.9 Å². The molecule has 0 amide bonds. The highest BCUT2D eigenvalue weighted by Crippen LogP contribution is 2.36. The van der Waals surface area contributed by atoms with Crippen LogP contribution >= 0.6 is 22.7 Å². The summed E-state index contributed by atoms with van der Waals surface area (Å²) in [7, 11) is 1.62. The molecule has 0 aliphatic carbocycles. The summed E-state index contributed by atoms with van der Waals surface area (Å²) in [6, 6.07) is 12.0. The van der Waals surface area contributed by atoms with Gasteiger partial charge >= 0.3 is 5.97 Å². The quantitative estimate of drug-likeness (QED) is 0.256. The minimum absolute atomic E-state index is 0.00215. The number of ether oxygens (including phenoxy) is 2. The summed E-state index contributed by atoms with van der Waals surface area (Å²) in [6.45, 7) is 1.15. The first kappa shape index (κ1) is 18.8. The number of hydrogen-bond acceptors (Lipinski definition) is 9. The minimum atomic E-state index is -0.449. The van der Waals surface area contributed by atoms with Gasteiger partial charge in [-0.25, -0.2) is 9.78 Å². The van der Waals surface area contributed by atoms with Crippen LogP contribution in [0.5, 0.6) is 5.75 Å². The number of benzene rings is 2. The molecule has 1 aliphatic heterocycles. The highest BCUT2D eigenvalue weighted by atomic mass is 32.1. The standard InChI is InChI=1S/C20H15N3O5S2/c1-27-14-3-2-4-16-18(14)21-20(30-16)22-9-13(10-22)28-19(24)17-8-11-7-12(23(25)26)5-6-15(11)29-17/h2-8,13H,9-10H2,1H3. The van der Waals surface area contributed by atoms with Crippen molar-refractivity contribution in [3.8, 4) is 5.75 Å². The number of hydrogen-bond donors (Lipinski definition) is 0. The van der Waals surface area contributed by atoms with Gasteiger partial charge in [0.1, 0.15) is 22.2 Å². The SMILES string of the molecule is COc1cccc2sc(N3CC(OC(=O)c4cc5cc([N+](=O)[O-])ccc5s4)C3)nc12. The van der Waals surface area contributed by atoms with Crippen LogP contribution in [0.4, 0.5) is 10.8 Å². The van der Waals surface area contributed by atoms with Gasteiger partial charge in [-0.1, -0.05) is 17.4 Å². The van der Waals surface area contributed by atoms with Crippen LogP contribution in [0.3, 0.4) is 0 Å². The Kier molecular flexibility index (Phi) is 4.52. The molecule has 152 valence electrons. The van der Waals surface area contributed by atoms with Gasteiger partial charge in [0.2, 0.25) is 0 Å². The van der Waals surface area contributed by atoms with Gasteiger partial charge in [-0.2, -0.15) is 0 Å². The Morgan fingerprint density at radius 1 is 1.20 bits per heavy atom. The fourth-order valence-electron chi connectivity index (χ4n) is 3.33. The molecule has 4 aromatic rings. The maximum Gasteiger partial charge on any atom is 0.348 e. The monoisotopic (exact) mass is 441 g/mol. The van der Waals surface area contributed by atoms with E-state index in [1.165, 1.54) is 23.5 Å². The lowest BCUT2D eigenvalue weighted by Gasteiger charge is -2.38. The number of non-ortho nitro benzene ring substituents is 1. The van der Waals surface area contributed by atoms with Crippen LogP contribution < -0.4 is 9.64 Å². The second kappa shape index (κ2) is 7.22. The number of carbonyl (C=O) groups excluding carboxylic acids is 1. The normalized spacial score (nSPS) is 14.1. The smallest absolute Gasteiger partial charge is 0.348 e. The average Bonchev–Trinajstić information content (AvgIpc) is 3.33. The molecule has 0 radical (unpaired) electrons. The lowest BCUT2D eigenvalue weighted by molar-refractivity contribution is -0.384. The van der Waals surface area contributed by atoms with E-state index in [0.717, 1.165) is 25.8 Å². The van der Waals surface area contributed by atoms with Crippen LogP contribution in [-0.2, 0) is 4.74 Å². The van der Waals surface area contributed by atoms with E-state index >= 15 is 0 Å². The molecule has 3 heterocycles. The third kappa shape index (κ3) is 3.23. The molecule has 1 fully saturated rings. The molecule has 0 spiro atoms. The molecule has 0 bridgehead atoms. The van der Waals surface area contributed by atoms with Crippen LogP contribution in [0.2, 0.25) is 0 Å². The Bertz CT molecular complexity index is 1290. The lowest BCUT2D eigenvalue weighted by atomic mass is 10.2. The zero-order chi connectivity index (χ0) is 20.8. The molecule has 8 nitrogen and oxygen atoms in total. The topological polar surface area (TPSA) is 94.8 Å². The van der Waals surface area contributed by atoms with Crippen LogP contribution in [0.15, 0.2) is 42.5 Å². The number of nitro benzene ring substituents is 1. The second-order valence-corrected chi connectivity index (χ2v) is 8.92. The van der Waals surface area contributed by atoms with Gasteiger partial charge in [0, 0.05) is 22.2 Å². The summed E-state index contributed by atoms with van der Waals surface area (Å²) in [5.74, 6) is 0.331. The zero-order valence-electron chi connectivity index (χ0n) is 15.7. The van der Waals surface area contributed by atoms with Gasteiger partial charge in [0.15, 0.2) is 5.13 Å². The lowest BCUT2D eigenvalue weighted by Crippen LogP contribution is -2.53. The summed E-state index contributed by atoms with van der Waals surface area (Å²) in [6.07, 6.45) is -0.217. The van der Waals surface area contributed by atoms with Gasteiger partial charge in [0.25, 0.3) is 5.69 Å². The van der Waals surface area contributed by atoms with Crippen LogP contribution in [0.25, 0.3) is 20.3 Å². The number of rotatable bonds is 5. The Morgan fingerprint density at radius 3 is 2.80 bits per heavy atom. The summed E-state index contributed by atoms with van der Waals surface area (Å²) >= 11 is 2.85. The second-order valence-electron chi connectivity index (χ2n) is 6.83. The van der Waals surface area contributed by atoms with Gasteiger partial charge in [-0.15, -0.1) is 11.3 Å². The number of methoxy groups -OCH3 is 1. The van der Waals surface area contributed by atoms with Gasteiger partial charge in [-0.05, 0) is 24.3 Å². The molecule has 10 heteroatoms. The molecule has 2 aromatic carbocycles. The summed E-state index contributed by atoms with van der Waals surface area (Å²) in [5.41, 5.74) is 0.835. The van der Waals surface area contributed by atoms with Crippen molar-refractivity contribution >= 4 is 59.8 Å². The maximum absolute atomic E-state index is 12.5. The summed E-state index contributed by atoms with van der Waals surface area (Å²) in [5, 5.41) is 12.5.